The molecule has 0 saturated carbocycles. The molecule has 2 nitrogen and oxygen atoms in total. The van der Waals surface area contributed by atoms with E-state index in [1.54, 1.807) is 24.3 Å². The molecule has 2 rings (SSSR count). The molecular formula is C13H10FO2S. The molecule has 2 aromatic carbocycles. The van der Waals surface area contributed by atoms with Crippen molar-refractivity contribution in [2.45, 2.75) is 10.6 Å². The highest BCUT2D eigenvalue weighted by molar-refractivity contribution is 7.90. The summed E-state index contributed by atoms with van der Waals surface area (Å²) < 4.78 is 36.7. The minimum Gasteiger partial charge on any atom is -0.223 e. The van der Waals surface area contributed by atoms with E-state index in [4.69, 9.17) is 0 Å². The van der Waals surface area contributed by atoms with Gasteiger partial charge in [-0.3, -0.25) is 0 Å². The third-order valence-corrected chi connectivity index (χ3v) is 4.02. The molecule has 0 unspecified atom stereocenters. The highest BCUT2D eigenvalue weighted by Crippen LogP contribution is 2.16. The standard InChI is InChI=1S/C13H10FO2S/c14-12-6-8-13(9-7-12)17(15,16)10-11-4-2-1-3-5-11/h2-9H,10H2. The van der Waals surface area contributed by atoms with Crippen LogP contribution in [0.15, 0.2) is 53.4 Å². The fourth-order valence-corrected chi connectivity index (χ4v) is 2.81. The Balaban J connectivity index is 2.29. The Morgan fingerprint density at radius 2 is 1.59 bits per heavy atom. The lowest BCUT2D eigenvalue weighted by Gasteiger charge is -2.04. The van der Waals surface area contributed by atoms with Crippen molar-refractivity contribution in [3.8, 4) is 0 Å². The molecule has 0 aliphatic heterocycles. The van der Waals surface area contributed by atoms with Gasteiger partial charge in [-0.2, -0.15) is 0 Å². The lowest BCUT2D eigenvalue weighted by atomic mass is 10.2. The first-order chi connectivity index (χ1) is 8.08. The van der Waals surface area contributed by atoms with Gasteiger partial charge in [0.2, 0.25) is 0 Å². The molecule has 17 heavy (non-hydrogen) atoms. The molecule has 0 aliphatic carbocycles. The van der Waals surface area contributed by atoms with Crippen LogP contribution in [-0.2, 0) is 15.6 Å². The Labute approximate surface area is 99.6 Å². The molecule has 0 heterocycles. The third kappa shape index (κ3) is 2.91. The van der Waals surface area contributed by atoms with Crippen molar-refractivity contribution in [1.29, 1.82) is 0 Å². The van der Waals surface area contributed by atoms with Gasteiger partial charge in [-0.05, 0) is 35.9 Å². The van der Waals surface area contributed by atoms with Gasteiger partial charge in [-0.15, -0.1) is 0 Å². The molecular weight excluding hydrogens is 239 g/mol. The lowest BCUT2D eigenvalue weighted by molar-refractivity contribution is 0.594. The summed E-state index contributed by atoms with van der Waals surface area (Å²) in [7, 11) is -3.41. The van der Waals surface area contributed by atoms with E-state index in [1.807, 2.05) is 0 Å². The topological polar surface area (TPSA) is 34.1 Å². The molecule has 0 fully saturated rings. The van der Waals surface area contributed by atoms with Crippen LogP contribution in [0.2, 0.25) is 0 Å². The molecule has 0 aromatic heterocycles. The molecule has 0 bridgehead atoms. The van der Waals surface area contributed by atoms with E-state index in [1.165, 1.54) is 12.1 Å². The fourth-order valence-electron chi connectivity index (χ4n) is 1.46. The van der Waals surface area contributed by atoms with Gasteiger partial charge in [0, 0.05) is 0 Å². The van der Waals surface area contributed by atoms with Gasteiger partial charge in [0.15, 0.2) is 9.84 Å². The monoisotopic (exact) mass is 249 g/mol. The van der Waals surface area contributed by atoms with Crippen LogP contribution in [0, 0.1) is 11.9 Å². The van der Waals surface area contributed by atoms with Crippen LogP contribution < -0.4 is 0 Å². The molecule has 0 spiro atoms. The van der Waals surface area contributed by atoms with Gasteiger partial charge in [0.1, 0.15) is 5.82 Å². The first-order valence-electron chi connectivity index (χ1n) is 5.01. The highest BCUT2D eigenvalue weighted by atomic mass is 32.2. The maximum Gasteiger partial charge on any atom is 0.182 e. The highest BCUT2D eigenvalue weighted by Gasteiger charge is 2.14. The van der Waals surface area contributed by atoms with Crippen LogP contribution in [0.3, 0.4) is 0 Å². The first kappa shape index (κ1) is 11.8. The van der Waals surface area contributed by atoms with Crippen LogP contribution in [0.25, 0.3) is 0 Å². The van der Waals surface area contributed by atoms with E-state index in [2.05, 4.69) is 6.07 Å². The second kappa shape index (κ2) is 4.67. The van der Waals surface area contributed by atoms with Gasteiger partial charge in [-0.1, -0.05) is 24.3 Å². The van der Waals surface area contributed by atoms with Crippen molar-refractivity contribution in [2.24, 2.45) is 0 Å². The second-order valence-corrected chi connectivity index (χ2v) is 5.61. The summed E-state index contributed by atoms with van der Waals surface area (Å²) in [6.07, 6.45) is 0. The van der Waals surface area contributed by atoms with Gasteiger partial charge < -0.3 is 0 Å². The third-order valence-electron chi connectivity index (χ3n) is 2.32. The smallest absolute Gasteiger partial charge is 0.182 e. The number of sulfone groups is 1. The summed E-state index contributed by atoms with van der Waals surface area (Å²) in [5.41, 5.74) is 0.688. The minimum absolute atomic E-state index is 0.0900. The van der Waals surface area contributed by atoms with E-state index < -0.39 is 15.7 Å². The summed E-state index contributed by atoms with van der Waals surface area (Å²) in [4.78, 5) is 0.131. The fraction of sp³-hybridized carbons (Fsp3) is 0.0769. The Kier molecular flexibility index (Phi) is 3.24. The van der Waals surface area contributed by atoms with Gasteiger partial charge in [0.25, 0.3) is 0 Å². The maximum atomic E-state index is 12.7. The Morgan fingerprint density at radius 3 is 2.18 bits per heavy atom. The lowest BCUT2D eigenvalue weighted by Crippen LogP contribution is -2.04. The Hall–Kier alpha value is -1.68. The second-order valence-electron chi connectivity index (χ2n) is 3.62. The average molecular weight is 249 g/mol. The molecule has 1 radical (unpaired) electrons. The summed E-state index contributed by atoms with van der Waals surface area (Å²) >= 11 is 0. The van der Waals surface area contributed by atoms with Gasteiger partial charge >= 0.3 is 0 Å². The number of hydrogen-bond acceptors (Lipinski definition) is 2. The van der Waals surface area contributed by atoms with E-state index in [-0.39, 0.29) is 10.6 Å². The van der Waals surface area contributed by atoms with Gasteiger partial charge in [-0.25, -0.2) is 12.8 Å². The van der Waals surface area contributed by atoms with E-state index in [0.29, 0.717) is 5.56 Å². The summed E-state index contributed by atoms with van der Waals surface area (Å²) in [5.74, 6) is -0.536. The molecule has 4 heteroatoms. The first-order valence-corrected chi connectivity index (χ1v) is 6.66. The number of benzene rings is 2. The summed E-state index contributed by atoms with van der Waals surface area (Å²) in [6, 6.07) is 14.4. The average Bonchev–Trinajstić information content (AvgIpc) is 2.30. The molecule has 0 N–H and O–H groups in total. The maximum absolute atomic E-state index is 12.7. The van der Waals surface area contributed by atoms with Crippen molar-refractivity contribution >= 4 is 9.84 Å². The zero-order valence-electron chi connectivity index (χ0n) is 8.93. The van der Waals surface area contributed by atoms with E-state index in [9.17, 15) is 12.8 Å². The van der Waals surface area contributed by atoms with Crippen molar-refractivity contribution < 1.29 is 12.8 Å². The van der Waals surface area contributed by atoms with Crippen LogP contribution in [0.1, 0.15) is 5.56 Å². The van der Waals surface area contributed by atoms with Crippen molar-refractivity contribution in [2.75, 3.05) is 0 Å². The molecule has 87 valence electrons. The van der Waals surface area contributed by atoms with Crippen LogP contribution in [0.5, 0.6) is 0 Å². The quantitative estimate of drug-likeness (QED) is 0.783. The molecule has 0 amide bonds. The van der Waals surface area contributed by atoms with Crippen molar-refractivity contribution in [3.05, 3.63) is 66.0 Å². The predicted octanol–water partition coefficient (Wildman–Crippen LogP) is 2.60. The van der Waals surface area contributed by atoms with Crippen LogP contribution >= 0.6 is 0 Å². The predicted molar refractivity (Wildman–Crippen MR) is 62.6 cm³/mol. The van der Waals surface area contributed by atoms with Crippen LogP contribution in [0.4, 0.5) is 4.39 Å². The SMILES string of the molecule is O=S(=O)(Cc1cc[c]cc1)c1ccc(F)cc1. The summed E-state index contributed by atoms with van der Waals surface area (Å²) in [5, 5.41) is 0. The summed E-state index contributed by atoms with van der Waals surface area (Å²) in [6.45, 7) is 0. The molecule has 2 aromatic rings. The van der Waals surface area contributed by atoms with E-state index in [0.717, 1.165) is 12.1 Å². The number of rotatable bonds is 3. The Bertz CT molecular complexity index is 589. The van der Waals surface area contributed by atoms with E-state index >= 15 is 0 Å². The number of hydrogen-bond donors (Lipinski definition) is 0. The van der Waals surface area contributed by atoms with Crippen molar-refractivity contribution in [3.63, 3.8) is 0 Å². The molecule has 0 aliphatic rings. The Morgan fingerprint density at radius 1 is 1.00 bits per heavy atom. The normalized spacial score (nSPS) is 11.4. The van der Waals surface area contributed by atoms with Crippen LogP contribution in [-0.4, -0.2) is 8.42 Å². The number of halogens is 1. The largest absolute Gasteiger partial charge is 0.223 e. The molecule has 0 atom stereocenters. The minimum atomic E-state index is -3.41. The molecule has 0 saturated heterocycles. The zero-order chi connectivity index (χ0) is 12.3. The van der Waals surface area contributed by atoms with Gasteiger partial charge in [0.05, 0.1) is 10.6 Å². The zero-order valence-corrected chi connectivity index (χ0v) is 9.75. The van der Waals surface area contributed by atoms with Crippen molar-refractivity contribution in [1.82, 2.24) is 0 Å².